The number of rotatable bonds is 4. The van der Waals surface area contributed by atoms with Gasteiger partial charge in [0.2, 0.25) is 5.91 Å². The fourth-order valence-electron chi connectivity index (χ4n) is 2.71. The molecule has 1 atom stereocenters. The number of nitrogens with one attached hydrogen (secondary N) is 1. The van der Waals surface area contributed by atoms with Gasteiger partial charge in [-0.25, -0.2) is 4.79 Å². The van der Waals surface area contributed by atoms with Crippen LogP contribution in [0.25, 0.3) is 0 Å². The third-order valence-electron chi connectivity index (χ3n) is 4.53. The number of hydrogen-bond donors (Lipinski definition) is 3. The smallest absolute Gasteiger partial charge is 0.330 e. The summed E-state index contributed by atoms with van der Waals surface area (Å²) in [5.41, 5.74) is 11.9. The van der Waals surface area contributed by atoms with Crippen LogP contribution in [0.2, 0.25) is 0 Å². The van der Waals surface area contributed by atoms with Gasteiger partial charge in [0.25, 0.3) is 0 Å². The van der Waals surface area contributed by atoms with Crippen molar-refractivity contribution < 1.29 is 14.4 Å². The number of nitrogens with zero attached hydrogens (tertiary/aromatic N) is 1. The summed E-state index contributed by atoms with van der Waals surface area (Å²) >= 11 is 0. The van der Waals surface area contributed by atoms with Crippen LogP contribution in [0.5, 0.6) is 0 Å². The zero-order valence-electron chi connectivity index (χ0n) is 15.4. The highest BCUT2D eigenvalue weighted by atomic mass is 16.7. The lowest BCUT2D eigenvalue weighted by Crippen LogP contribution is -2.52. The first-order chi connectivity index (χ1) is 11.6. The van der Waals surface area contributed by atoms with E-state index >= 15 is 0 Å². The van der Waals surface area contributed by atoms with Crippen LogP contribution in [-0.4, -0.2) is 29.0 Å². The SMILES string of the molecule is CC(C)(C)C(=O)ON1CCC[C@@]1(C)C(=O)Nc1cccc(CN)c1N. The highest BCUT2D eigenvalue weighted by molar-refractivity contribution is 6.00. The number of nitrogens with two attached hydrogens (primary N) is 2. The number of para-hydroxylation sites is 1. The van der Waals surface area contributed by atoms with Gasteiger partial charge in [-0.2, -0.15) is 0 Å². The van der Waals surface area contributed by atoms with Crippen molar-refractivity contribution in [2.75, 3.05) is 17.6 Å². The molecule has 5 N–H and O–H groups in total. The molecule has 1 saturated heterocycles. The van der Waals surface area contributed by atoms with E-state index in [4.69, 9.17) is 16.3 Å². The van der Waals surface area contributed by atoms with E-state index in [2.05, 4.69) is 5.32 Å². The molecule has 2 rings (SSSR count). The summed E-state index contributed by atoms with van der Waals surface area (Å²) in [7, 11) is 0. The maximum Gasteiger partial charge on any atom is 0.330 e. The van der Waals surface area contributed by atoms with Crippen molar-refractivity contribution in [1.29, 1.82) is 0 Å². The molecule has 138 valence electrons. The average molecular weight is 348 g/mol. The van der Waals surface area contributed by atoms with Crippen molar-refractivity contribution in [3.63, 3.8) is 0 Å². The summed E-state index contributed by atoms with van der Waals surface area (Å²) in [6.07, 6.45) is 1.35. The Morgan fingerprint density at radius 3 is 2.64 bits per heavy atom. The van der Waals surface area contributed by atoms with Crippen LogP contribution < -0.4 is 16.8 Å². The van der Waals surface area contributed by atoms with E-state index in [0.717, 1.165) is 12.0 Å². The van der Waals surface area contributed by atoms with E-state index in [1.165, 1.54) is 5.06 Å². The van der Waals surface area contributed by atoms with E-state index in [1.807, 2.05) is 6.07 Å². The predicted molar refractivity (Wildman–Crippen MR) is 97.3 cm³/mol. The molecule has 1 fully saturated rings. The number of anilines is 2. The van der Waals surface area contributed by atoms with Crippen LogP contribution >= 0.6 is 0 Å². The minimum Gasteiger partial charge on any atom is -0.397 e. The third kappa shape index (κ3) is 3.93. The Morgan fingerprint density at radius 2 is 2.04 bits per heavy atom. The lowest BCUT2D eigenvalue weighted by Gasteiger charge is -2.33. The van der Waals surface area contributed by atoms with E-state index in [9.17, 15) is 9.59 Å². The largest absolute Gasteiger partial charge is 0.397 e. The minimum atomic E-state index is -0.938. The van der Waals surface area contributed by atoms with E-state index < -0.39 is 11.0 Å². The van der Waals surface area contributed by atoms with Crippen LogP contribution in [0.1, 0.15) is 46.1 Å². The molecule has 0 radical (unpaired) electrons. The van der Waals surface area contributed by atoms with Crippen LogP contribution in [0.4, 0.5) is 11.4 Å². The molecular weight excluding hydrogens is 320 g/mol. The zero-order valence-corrected chi connectivity index (χ0v) is 15.4. The Bertz CT molecular complexity index is 669. The molecule has 25 heavy (non-hydrogen) atoms. The summed E-state index contributed by atoms with van der Waals surface area (Å²) < 4.78 is 0. The Kier molecular flexibility index (Phi) is 5.39. The molecule has 1 aromatic carbocycles. The van der Waals surface area contributed by atoms with Crippen LogP contribution in [-0.2, 0) is 21.0 Å². The topological polar surface area (TPSA) is 111 Å². The Morgan fingerprint density at radius 1 is 1.36 bits per heavy atom. The normalized spacial score (nSPS) is 21.2. The van der Waals surface area contributed by atoms with Crippen molar-refractivity contribution in [3.8, 4) is 0 Å². The van der Waals surface area contributed by atoms with Crippen molar-refractivity contribution in [2.24, 2.45) is 11.1 Å². The first-order valence-corrected chi connectivity index (χ1v) is 8.48. The standard InChI is InChI=1S/C18H28N4O3/c1-17(2,3)16(24)25-22-10-6-9-18(22,4)15(23)21-13-8-5-7-12(11-19)14(13)20/h5,7-8H,6,9-11,19-20H2,1-4H3,(H,21,23)/t18-/m0/s1. The Hall–Kier alpha value is -2.12. The molecule has 0 spiro atoms. The molecule has 1 aliphatic rings. The highest BCUT2D eigenvalue weighted by Crippen LogP contribution is 2.33. The quantitative estimate of drug-likeness (QED) is 0.718. The molecule has 1 heterocycles. The van der Waals surface area contributed by atoms with Crippen molar-refractivity contribution >= 4 is 23.3 Å². The molecule has 1 amide bonds. The van der Waals surface area contributed by atoms with Gasteiger partial charge < -0.3 is 21.6 Å². The molecule has 0 unspecified atom stereocenters. The number of hydrogen-bond acceptors (Lipinski definition) is 6. The number of benzene rings is 1. The Labute approximate surface area is 148 Å². The van der Waals surface area contributed by atoms with Crippen molar-refractivity contribution in [2.45, 2.75) is 52.6 Å². The molecule has 1 aromatic rings. The van der Waals surface area contributed by atoms with Gasteiger partial charge in [-0.15, -0.1) is 5.06 Å². The lowest BCUT2D eigenvalue weighted by atomic mass is 9.97. The maximum absolute atomic E-state index is 12.9. The minimum absolute atomic E-state index is 0.257. The zero-order chi connectivity index (χ0) is 18.8. The van der Waals surface area contributed by atoms with Crippen LogP contribution in [0.3, 0.4) is 0 Å². The van der Waals surface area contributed by atoms with E-state index in [-0.39, 0.29) is 11.9 Å². The van der Waals surface area contributed by atoms with E-state index in [0.29, 0.717) is 30.9 Å². The monoisotopic (exact) mass is 348 g/mol. The summed E-state index contributed by atoms with van der Waals surface area (Å²) in [5.74, 6) is -0.620. The third-order valence-corrected chi connectivity index (χ3v) is 4.53. The predicted octanol–water partition coefficient (Wildman–Crippen LogP) is 2.02. The fourth-order valence-corrected chi connectivity index (χ4v) is 2.71. The summed E-state index contributed by atoms with van der Waals surface area (Å²) in [4.78, 5) is 30.6. The second kappa shape index (κ2) is 7.01. The first kappa shape index (κ1) is 19.2. The first-order valence-electron chi connectivity index (χ1n) is 8.48. The van der Waals surface area contributed by atoms with Gasteiger partial charge in [0.05, 0.1) is 16.8 Å². The van der Waals surface area contributed by atoms with Crippen molar-refractivity contribution in [3.05, 3.63) is 23.8 Å². The maximum atomic E-state index is 12.9. The van der Waals surface area contributed by atoms with Gasteiger partial charge in [-0.05, 0) is 52.2 Å². The summed E-state index contributed by atoms with van der Waals surface area (Å²) in [5, 5.41) is 4.34. The second-order valence-electron chi connectivity index (χ2n) is 7.64. The summed E-state index contributed by atoms with van der Waals surface area (Å²) in [6, 6.07) is 5.35. The van der Waals surface area contributed by atoms with Gasteiger partial charge in [-0.3, -0.25) is 4.79 Å². The second-order valence-corrected chi connectivity index (χ2v) is 7.64. The number of nitrogen functional groups attached to an aromatic ring is 1. The van der Waals surface area contributed by atoms with E-state index in [1.54, 1.807) is 39.8 Å². The van der Waals surface area contributed by atoms with Gasteiger partial charge in [0.1, 0.15) is 5.54 Å². The molecule has 0 aromatic heterocycles. The lowest BCUT2D eigenvalue weighted by molar-refractivity contribution is -0.216. The number of amides is 1. The number of carbonyl (C=O) groups is 2. The molecule has 0 bridgehead atoms. The molecule has 0 aliphatic carbocycles. The van der Waals surface area contributed by atoms with Crippen LogP contribution in [0, 0.1) is 5.41 Å². The highest BCUT2D eigenvalue weighted by Gasteiger charge is 2.47. The molecular formula is C18H28N4O3. The molecule has 7 heteroatoms. The van der Waals surface area contributed by atoms with Gasteiger partial charge in [-0.1, -0.05) is 12.1 Å². The molecule has 1 aliphatic heterocycles. The number of carbonyl (C=O) groups excluding carboxylic acids is 2. The number of hydroxylamine groups is 2. The van der Waals surface area contributed by atoms with Crippen molar-refractivity contribution in [1.82, 2.24) is 5.06 Å². The Balaban J connectivity index is 2.18. The van der Waals surface area contributed by atoms with Gasteiger partial charge in [0.15, 0.2) is 0 Å². The molecule has 7 nitrogen and oxygen atoms in total. The van der Waals surface area contributed by atoms with Gasteiger partial charge >= 0.3 is 5.97 Å². The average Bonchev–Trinajstić information content (AvgIpc) is 2.90. The fraction of sp³-hybridized carbons (Fsp3) is 0.556. The molecule has 0 saturated carbocycles. The van der Waals surface area contributed by atoms with Crippen LogP contribution in [0.15, 0.2) is 18.2 Å². The van der Waals surface area contributed by atoms with Gasteiger partial charge in [0, 0.05) is 13.1 Å². The summed E-state index contributed by atoms with van der Waals surface area (Å²) in [6.45, 7) is 7.92.